The van der Waals surface area contributed by atoms with Crippen LogP contribution in [-0.2, 0) is 9.59 Å². The van der Waals surface area contributed by atoms with E-state index in [9.17, 15) is 14.7 Å². The average Bonchev–Trinajstić information content (AvgIpc) is 2.44. The number of amides is 1. The Morgan fingerprint density at radius 1 is 1.08 bits per heavy atom. The van der Waals surface area contributed by atoms with E-state index in [-0.39, 0.29) is 28.2 Å². The number of carbonyl (C=O) groups excluding carboxylic acids is 1. The molecule has 3 aliphatic carbocycles. The quantitative estimate of drug-likeness (QED) is 0.768. The zero-order chi connectivity index (χ0) is 17.4. The van der Waals surface area contributed by atoms with Gasteiger partial charge in [-0.05, 0) is 81.5 Å². The van der Waals surface area contributed by atoms with Gasteiger partial charge in [-0.3, -0.25) is 9.59 Å². The lowest BCUT2D eigenvalue weighted by molar-refractivity contribution is -0.195. The molecule has 1 heterocycles. The standard InChI is InChI=1S/C20H31NO3/c1-17-9-5-14-18(2)7-4-8-19(3,16(23)24)13(18)6-10-20(14,12-17)11-15(22)21-17/h13-14H,4-12H2,1-3H3,(H,21,22)(H,23,24)/t13-,14-,17-,18+,19+,20-/m0/s1. The van der Waals surface area contributed by atoms with Gasteiger partial charge in [0.1, 0.15) is 0 Å². The molecule has 0 aromatic carbocycles. The maximum absolute atomic E-state index is 12.4. The van der Waals surface area contributed by atoms with Crippen molar-refractivity contribution >= 4 is 11.9 Å². The first-order valence-electron chi connectivity index (χ1n) is 9.68. The molecular weight excluding hydrogens is 302 g/mol. The molecule has 0 aromatic rings. The van der Waals surface area contributed by atoms with Crippen LogP contribution in [0.4, 0.5) is 0 Å². The molecule has 1 amide bonds. The first kappa shape index (κ1) is 16.4. The number of hydrogen-bond donors (Lipinski definition) is 2. The van der Waals surface area contributed by atoms with E-state index in [4.69, 9.17) is 0 Å². The minimum atomic E-state index is -0.614. The van der Waals surface area contributed by atoms with Gasteiger partial charge >= 0.3 is 5.97 Å². The van der Waals surface area contributed by atoms with Crippen molar-refractivity contribution in [1.82, 2.24) is 5.32 Å². The molecule has 4 aliphatic rings. The molecule has 2 bridgehead atoms. The number of piperidine rings is 1. The van der Waals surface area contributed by atoms with Gasteiger partial charge in [-0.25, -0.2) is 0 Å². The fraction of sp³-hybridized carbons (Fsp3) is 0.900. The Hall–Kier alpha value is -1.06. The normalized spacial score (nSPS) is 53.5. The Morgan fingerprint density at radius 3 is 2.50 bits per heavy atom. The summed E-state index contributed by atoms with van der Waals surface area (Å²) in [4.78, 5) is 24.5. The molecule has 2 N–H and O–H groups in total. The van der Waals surface area contributed by atoms with E-state index < -0.39 is 11.4 Å². The maximum Gasteiger partial charge on any atom is 0.309 e. The van der Waals surface area contributed by atoms with E-state index in [0.717, 1.165) is 51.4 Å². The van der Waals surface area contributed by atoms with Gasteiger partial charge in [0.05, 0.1) is 5.41 Å². The third-order valence-electron chi connectivity index (χ3n) is 8.61. The van der Waals surface area contributed by atoms with Crippen molar-refractivity contribution in [3.8, 4) is 0 Å². The second-order valence-corrected chi connectivity index (χ2v) is 10.1. The Balaban J connectivity index is 1.75. The number of rotatable bonds is 1. The highest BCUT2D eigenvalue weighted by atomic mass is 16.4. The molecule has 1 saturated heterocycles. The van der Waals surface area contributed by atoms with Crippen LogP contribution in [-0.4, -0.2) is 22.5 Å². The summed E-state index contributed by atoms with van der Waals surface area (Å²) in [6, 6.07) is 0. The van der Waals surface area contributed by atoms with Crippen LogP contribution >= 0.6 is 0 Å². The fourth-order valence-electron chi connectivity index (χ4n) is 7.80. The van der Waals surface area contributed by atoms with Gasteiger partial charge in [0.2, 0.25) is 5.91 Å². The summed E-state index contributed by atoms with van der Waals surface area (Å²) in [5.74, 6) is 0.354. The van der Waals surface area contributed by atoms with Crippen LogP contribution in [0.5, 0.6) is 0 Å². The van der Waals surface area contributed by atoms with E-state index in [1.807, 2.05) is 6.92 Å². The number of carboxylic acid groups (broad SMARTS) is 1. The van der Waals surface area contributed by atoms with Crippen LogP contribution in [0.25, 0.3) is 0 Å². The number of hydrogen-bond acceptors (Lipinski definition) is 2. The number of nitrogens with one attached hydrogen (secondary N) is 1. The first-order chi connectivity index (χ1) is 11.1. The van der Waals surface area contributed by atoms with Crippen molar-refractivity contribution in [2.24, 2.45) is 28.1 Å². The highest BCUT2D eigenvalue weighted by Gasteiger charge is 2.66. The molecule has 24 heavy (non-hydrogen) atoms. The Kier molecular flexibility index (Phi) is 3.26. The minimum absolute atomic E-state index is 0.0419. The van der Waals surface area contributed by atoms with E-state index in [0.29, 0.717) is 12.3 Å². The summed E-state index contributed by atoms with van der Waals surface area (Å²) >= 11 is 0. The van der Waals surface area contributed by atoms with Gasteiger partial charge in [-0.1, -0.05) is 13.3 Å². The molecule has 0 radical (unpaired) electrons. The van der Waals surface area contributed by atoms with Crippen LogP contribution in [0.3, 0.4) is 0 Å². The summed E-state index contributed by atoms with van der Waals surface area (Å²) in [6.07, 6.45) is 8.86. The van der Waals surface area contributed by atoms with Crippen LogP contribution in [0.2, 0.25) is 0 Å². The molecule has 4 fully saturated rings. The van der Waals surface area contributed by atoms with Gasteiger partial charge < -0.3 is 10.4 Å². The highest BCUT2D eigenvalue weighted by Crippen LogP contribution is 2.69. The lowest BCUT2D eigenvalue weighted by Crippen LogP contribution is -2.67. The molecule has 4 nitrogen and oxygen atoms in total. The molecule has 3 saturated carbocycles. The summed E-state index contributed by atoms with van der Waals surface area (Å²) < 4.78 is 0. The topological polar surface area (TPSA) is 66.4 Å². The minimum Gasteiger partial charge on any atom is -0.481 e. The zero-order valence-electron chi connectivity index (χ0n) is 15.3. The Labute approximate surface area is 144 Å². The largest absolute Gasteiger partial charge is 0.481 e. The molecule has 0 unspecified atom stereocenters. The van der Waals surface area contributed by atoms with Crippen LogP contribution in [0, 0.1) is 28.1 Å². The lowest BCUT2D eigenvalue weighted by Gasteiger charge is -2.67. The SMILES string of the molecule is C[C@@]12CC[C@@H]3[C@@](CC[C@H]4[C@@]3(C)CCC[C@@]4(C)C(=O)O)(CC(=O)N1)C2. The number of carbonyl (C=O) groups is 2. The molecule has 134 valence electrons. The van der Waals surface area contributed by atoms with Gasteiger partial charge in [0.25, 0.3) is 0 Å². The fourth-order valence-corrected chi connectivity index (χ4v) is 7.80. The Bertz CT molecular complexity index is 604. The smallest absolute Gasteiger partial charge is 0.309 e. The van der Waals surface area contributed by atoms with Crippen molar-refractivity contribution in [2.45, 2.75) is 84.1 Å². The second kappa shape index (κ2) is 4.76. The summed E-state index contributed by atoms with van der Waals surface area (Å²) in [7, 11) is 0. The predicted octanol–water partition coefficient (Wildman–Crippen LogP) is 3.74. The van der Waals surface area contributed by atoms with Gasteiger partial charge in [-0.2, -0.15) is 0 Å². The van der Waals surface area contributed by atoms with Crippen molar-refractivity contribution in [3.63, 3.8) is 0 Å². The summed E-state index contributed by atoms with van der Waals surface area (Å²) in [5.41, 5.74) is -0.452. The van der Waals surface area contributed by atoms with Gasteiger partial charge in [0.15, 0.2) is 0 Å². The molecular formula is C20H31NO3. The monoisotopic (exact) mass is 333 g/mol. The third-order valence-corrected chi connectivity index (χ3v) is 8.61. The van der Waals surface area contributed by atoms with E-state index >= 15 is 0 Å². The average molecular weight is 333 g/mol. The van der Waals surface area contributed by atoms with Gasteiger partial charge in [-0.15, -0.1) is 0 Å². The third kappa shape index (κ3) is 1.97. The van der Waals surface area contributed by atoms with Crippen molar-refractivity contribution < 1.29 is 14.7 Å². The highest BCUT2D eigenvalue weighted by molar-refractivity contribution is 5.79. The van der Waals surface area contributed by atoms with Crippen molar-refractivity contribution in [3.05, 3.63) is 0 Å². The molecule has 6 atom stereocenters. The summed E-state index contributed by atoms with van der Waals surface area (Å²) in [6.45, 7) is 6.55. The van der Waals surface area contributed by atoms with Crippen LogP contribution in [0.15, 0.2) is 0 Å². The second-order valence-electron chi connectivity index (χ2n) is 10.1. The predicted molar refractivity (Wildman–Crippen MR) is 91.4 cm³/mol. The molecule has 4 heteroatoms. The summed E-state index contributed by atoms with van der Waals surface area (Å²) in [5, 5.41) is 13.2. The molecule has 1 spiro atoms. The molecule has 1 aliphatic heterocycles. The number of carboxylic acids is 1. The van der Waals surface area contributed by atoms with E-state index in [1.54, 1.807) is 0 Å². The van der Waals surface area contributed by atoms with E-state index in [2.05, 4.69) is 19.2 Å². The maximum atomic E-state index is 12.4. The lowest BCUT2D eigenvalue weighted by atomic mass is 9.38. The van der Waals surface area contributed by atoms with E-state index in [1.165, 1.54) is 0 Å². The zero-order valence-corrected chi connectivity index (χ0v) is 15.3. The molecule has 0 aromatic heterocycles. The Morgan fingerprint density at radius 2 is 1.79 bits per heavy atom. The molecule has 4 rings (SSSR count). The van der Waals surface area contributed by atoms with Crippen LogP contribution in [0.1, 0.15) is 78.6 Å². The first-order valence-corrected chi connectivity index (χ1v) is 9.68. The number of fused-ring (bicyclic) bond motifs is 3. The van der Waals surface area contributed by atoms with Gasteiger partial charge in [0, 0.05) is 12.0 Å². The van der Waals surface area contributed by atoms with Crippen LogP contribution < -0.4 is 5.32 Å². The number of aliphatic carboxylic acids is 1. The van der Waals surface area contributed by atoms with Crippen molar-refractivity contribution in [1.29, 1.82) is 0 Å². The van der Waals surface area contributed by atoms with Crippen molar-refractivity contribution in [2.75, 3.05) is 0 Å².